The summed E-state index contributed by atoms with van der Waals surface area (Å²) in [5.74, 6) is 0.0897. The second kappa shape index (κ2) is 4.46. The molecular formula is C14H14N2OS. The van der Waals surface area contributed by atoms with Crippen LogP contribution in [0.5, 0.6) is 0 Å². The Bertz CT molecular complexity index is 574. The summed E-state index contributed by atoms with van der Waals surface area (Å²) in [5, 5.41) is 2.10. The molecule has 3 nitrogen and oxygen atoms in total. The highest BCUT2D eigenvalue weighted by atomic mass is 32.1. The van der Waals surface area contributed by atoms with E-state index in [1.54, 1.807) is 35.6 Å². The molecule has 1 amide bonds. The van der Waals surface area contributed by atoms with E-state index < -0.39 is 0 Å². The van der Waals surface area contributed by atoms with Gasteiger partial charge in [-0.25, -0.2) is 0 Å². The Balaban J connectivity index is 1.80. The molecule has 2 aromatic rings. The van der Waals surface area contributed by atoms with Crippen LogP contribution in [0.4, 0.5) is 5.69 Å². The maximum absolute atomic E-state index is 12.3. The smallest absolute Gasteiger partial charge is 0.254 e. The Morgan fingerprint density at radius 2 is 2.00 bits per heavy atom. The van der Waals surface area contributed by atoms with Crippen molar-refractivity contribution in [1.29, 1.82) is 0 Å². The standard InChI is InChI=1S/C14H14N2OS/c15-12-3-1-10(2-4-12)14(17)16-7-5-13-11(9-16)6-8-18-13/h1-4,6,8H,5,7,9,15H2. The molecule has 18 heavy (non-hydrogen) atoms. The summed E-state index contributed by atoms with van der Waals surface area (Å²) in [6.07, 6.45) is 0.966. The quantitative estimate of drug-likeness (QED) is 0.799. The van der Waals surface area contributed by atoms with E-state index in [0.29, 0.717) is 11.3 Å². The zero-order valence-electron chi connectivity index (χ0n) is 9.93. The molecule has 4 heteroatoms. The number of hydrogen-bond acceptors (Lipinski definition) is 3. The summed E-state index contributed by atoms with van der Waals surface area (Å²) in [4.78, 5) is 15.6. The second-order valence-electron chi connectivity index (χ2n) is 4.47. The minimum absolute atomic E-state index is 0.0897. The SMILES string of the molecule is Nc1ccc(C(=O)N2CCc3sccc3C2)cc1. The van der Waals surface area contributed by atoms with E-state index >= 15 is 0 Å². The molecule has 0 spiro atoms. The largest absolute Gasteiger partial charge is 0.399 e. The lowest BCUT2D eigenvalue weighted by Gasteiger charge is -2.27. The number of amides is 1. The molecule has 2 heterocycles. The average Bonchev–Trinajstić information content (AvgIpc) is 2.86. The summed E-state index contributed by atoms with van der Waals surface area (Å²) in [7, 11) is 0. The van der Waals surface area contributed by atoms with Crippen LogP contribution in [-0.2, 0) is 13.0 Å². The monoisotopic (exact) mass is 258 g/mol. The van der Waals surface area contributed by atoms with Crippen LogP contribution in [0.3, 0.4) is 0 Å². The van der Waals surface area contributed by atoms with E-state index in [0.717, 1.165) is 19.5 Å². The van der Waals surface area contributed by atoms with E-state index in [9.17, 15) is 4.79 Å². The van der Waals surface area contributed by atoms with Gasteiger partial charge in [0.05, 0.1) is 0 Å². The molecule has 3 rings (SSSR count). The van der Waals surface area contributed by atoms with E-state index in [4.69, 9.17) is 5.73 Å². The molecule has 1 aromatic heterocycles. The number of nitrogens with zero attached hydrogens (tertiary/aromatic N) is 1. The Morgan fingerprint density at radius 1 is 1.22 bits per heavy atom. The zero-order valence-corrected chi connectivity index (χ0v) is 10.7. The van der Waals surface area contributed by atoms with Gasteiger partial charge in [-0.3, -0.25) is 4.79 Å². The maximum Gasteiger partial charge on any atom is 0.254 e. The van der Waals surface area contributed by atoms with Gasteiger partial charge in [-0.1, -0.05) is 0 Å². The molecule has 0 bridgehead atoms. The van der Waals surface area contributed by atoms with Crippen LogP contribution >= 0.6 is 11.3 Å². The van der Waals surface area contributed by atoms with Gasteiger partial charge in [0.1, 0.15) is 0 Å². The first-order valence-electron chi connectivity index (χ1n) is 5.94. The van der Waals surface area contributed by atoms with Crippen LogP contribution in [0.2, 0.25) is 0 Å². The molecular weight excluding hydrogens is 244 g/mol. The fraction of sp³-hybridized carbons (Fsp3) is 0.214. The molecule has 0 radical (unpaired) electrons. The summed E-state index contributed by atoms with van der Waals surface area (Å²) in [6, 6.07) is 9.24. The number of nitrogens with two attached hydrogens (primary N) is 1. The second-order valence-corrected chi connectivity index (χ2v) is 5.47. The van der Waals surface area contributed by atoms with Gasteiger partial charge in [0.25, 0.3) is 5.91 Å². The number of fused-ring (bicyclic) bond motifs is 1. The van der Waals surface area contributed by atoms with Gasteiger partial charge < -0.3 is 10.6 Å². The highest BCUT2D eigenvalue weighted by Gasteiger charge is 2.22. The van der Waals surface area contributed by atoms with Crippen molar-refractivity contribution in [2.24, 2.45) is 0 Å². The third kappa shape index (κ3) is 1.99. The van der Waals surface area contributed by atoms with Crippen LogP contribution in [-0.4, -0.2) is 17.4 Å². The highest BCUT2D eigenvalue weighted by molar-refractivity contribution is 7.10. The third-order valence-corrected chi connectivity index (χ3v) is 4.28. The van der Waals surface area contributed by atoms with Gasteiger partial charge in [0.2, 0.25) is 0 Å². The number of hydrogen-bond donors (Lipinski definition) is 1. The van der Waals surface area contributed by atoms with Crippen molar-refractivity contribution in [2.45, 2.75) is 13.0 Å². The minimum atomic E-state index is 0.0897. The predicted octanol–water partition coefficient (Wildman–Crippen LogP) is 2.53. The van der Waals surface area contributed by atoms with Crippen molar-refractivity contribution in [1.82, 2.24) is 4.90 Å². The van der Waals surface area contributed by atoms with E-state index in [1.807, 2.05) is 4.90 Å². The summed E-state index contributed by atoms with van der Waals surface area (Å²) in [6.45, 7) is 1.53. The molecule has 1 aliphatic rings. The van der Waals surface area contributed by atoms with Crippen LogP contribution in [0, 0.1) is 0 Å². The van der Waals surface area contributed by atoms with Crippen molar-refractivity contribution in [3.05, 3.63) is 51.7 Å². The van der Waals surface area contributed by atoms with E-state index in [-0.39, 0.29) is 5.91 Å². The first-order chi connectivity index (χ1) is 8.74. The molecule has 0 atom stereocenters. The lowest BCUT2D eigenvalue weighted by atomic mass is 10.1. The summed E-state index contributed by atoms with van der Waals surface area (Å²) >= 11 is 1.78. The Labute approximate surface area is 110 Å². The molecule has 0 fully saturated rings. The molecule has 2 N–H and O–H groups in total. The molecule has 1 aromatic carbocycles. The van der Waals surface area contributed by atoms with E-state index in [2.05, 4.69) is 11.4 Å². The van der Waals surface area contributed by atoms with Crippen molar-refractivity contribution in [3.8, 4) is 0 Å². The molecule has 0 aliphatic carbocycles. The first-order valence-corrected chi connectivity index (χ1v) is 6.82. The van der Waals surface area contributed by atoms with Gasteiger partial charge in [-0.05, 0) is 47.7 Å². The minimum Gasteiger partial charge on any atom is -0.399 e. The first kappa shape index (κ1) is 11.3. The Hall–Kier alpha value is -1.81. The fourth-order valence-corrected chi connectivity index (χ4v) is 3.12. The van der Waals surface area contributed by atoms with Crippen molar-refractivity contribution >= 4 is 22.9 Å². The normalized spacial score (nSPS) is 14.3. The van der Waals surface area contributed by atoms with Crippen LogP contribution in [0.25, 0.3) is 0 Å². The lowest BCUT2D eigenvalue weighted by molar-refractivity contribution is 0.0736. The Kier molecular flexibility index (Phi) is 2.80. The van der Waals surface area contributed by atoms with Gasteiger partial charge in [-0.2, -0.15) is 0 Å². The van der Waals surface area contributed by atoms with Crippen LogP contribution in [0.1, 0.15) is 20.8 Å². The molecule has 1 aliphatic heterocycles. The third-order valence-electron chi connectivity index (χ3n) is 3.25. The van der Waals surface area contributed by atoms with Crippen molar-refractivity contribution in [3.63, 3.8) is 0 Å². The summed E-state index contributed by atoms with van der Waals surface area (Å²) < 4.78 is 0. The maximum atomic E-state index is 12.3. The number of anilines is 1. The van der Waals surface area contributed by atoms with Crippen LogP contribution < -0.4 is 5.73 Å². The van der Waals surface area contributed by atoms with Gasteiger partial charge in [-0.15, -0.1) is 11.3 Å². The van der Waals surface area contributed by atoms with Crippen molar-refractivity contribution in [2.75, 3.05) is 12.3 Å². The van der Waals surface area contributed by atoms with Gasteiger partial charge >= 0.3 is 0 Å². The van der Waals surface area contributed by atoms with E-state index in [1.165, 1.54) is 10.4 Å². The molecule has 0 saturated carbocycles. The lowest BCUT2D eigenvalue weighted by Crippen LogP contribution is -2.35. The summed E-state index contributed by atoms with van der Waals surface area (Å²) in [5.41, 5.74) is 8.31. The van der Waals surface area contributed by atoms with Crippen molar-refractivity contribution < 1.29 is 4.79 Å². The average molecular weight is 258 g/mol. The number of carbonyl (C=O) groups is 1. The molecule has 92 valence electrons. The molecule has 0 unspecified atom stereocenters. The number of thiophene rings is 1. The number of nitrogen functional groups attached to an aromatic ring is 1. The fourth-order valence-electron chi connectivity index (χ4n) is 2.23. The molecule has 0 saturated heterocycles. The Morgan fingerprint density at radius 3 is 2.78 bits per heavy atom. The van der Waals surface area contributed by atoms with Crippen LogP contribution in [0.15, 0.2) is 35.7 Å². The predicted molar refractivity (Wildman–Crippen MR) is 73.6 cm³/mol. The number of rotatable bonds is 1. The van der Waals surface area contributed by atoms with Gasteiger partial charge in [0.15, 0.2) is 0 Å². The highest BCUT2D eigenvalue weighted by Crippen LogP contribution is 2.25. The topological polar surface area (TPSA) is 46.3 Å². The van der Waals surface area contributed by atoms with Gasteiger partial charge in [0, 0.05) is 29.2 Å². The number of carbonyl (C=O) groups excluding carboxylic acids is 1. The zero-order chi connectivity index (χ0) is 12.5. The number of benzene rings is 1.